The first-order chi connectivity index (χ1) is 8.76. The van der Waals surface area contributed by atoms with Gasteiger partial charge in [0.05, 0.1) is 6.04 Å². The lowest BCUT2D eigenvalue weighted by Gasteiger charge is -2.42. The average molecular weight is 279 g/mol. The summed E-state index contributed by atoms with van der Waals surface area (Å²) in [5, 5.41) is 3.38. The average Bonchev–Trinajstić information content (AvgIpc) is 3.16. The number of likely N-dealkylation sites (tertiary alicyclic amines) is 1. The molecule has 3 nitrogen and oxygen atoms in total. The fourth-order valence-corrected chi connectivity index (χ4v) is 3.26. The van der Waals surface area contributed by atoms with Crippen LogP contribution < -0.4 is 5.32 Å². The second-order valence-electron chi connectivity index (χ2n) is 6.10. The second-order valence-corrected chi connectivity index (χ2v) is 6.10. The zero-order chi connectivity index (χ0) is 12.2. The zero-order valence-corrected chi connectivity index (χ0v) is 11.7. The summed E-state index contributed by atoms with van der Waals surface area (Å²) in [5.41, 5.74) is 3.22. The van der Waals surface area contributed by atoms with E-state index in [0.717, 1.165) is 26.1 Å². The molecule has 2 heterocycles. The van der Waals surface area contributed by atoms with Crippen molar-refractivity contribution in [2.45, 2.75) is 31.8 Å². The third-order valence-electron chi connectivity index (χ3n) is 4.70. The van der Waals surface area contributed by atoms with Crippen molar-refractivity contribution < 1.29 is 4.79 Å². The largest absolute Gasteiger partial charge is 0.340 e. The van der Waals surface area contributed by atoms with Crippen LogP contribution in [0.1, 0.15) is 24.0 Å². The van der Waals surface area contributed by atoms with E-state index in [9.17, 15) is 4.79 Å². The molecule has 2 fully saturated rings. The molecule has 4 rings (SSSR count). The van der Waals surface area contributed by atoms with Gasteiger partial charge in [-0.1, -0.05) is 24.3 Å². The Kier molecular flexibility index (Phi) is 3.06. The number of nitrogens with zero attached hydrogens (tertiary/aromatic N) is 1. The fraction of sp³-hybridized carbons (Fsp3) is 0.533. The van der Waals surface area contributed by atoms with E-state index in [1.54, 1.807) is 0 Å². The molecule has 1 atom stereocenters. The van der Waals surface area contributed by atoms with Gasteiger partial charge >= 0.3 is 0 Å². The molecule has 0 aromatic heterocycles. The maximum absolute atomic E-state index is 12.4. The molecule has 3 aliphatic rings. The molecule has 1 aromatic rings. The van der Waals surface area contributed by atoms with Gasteiger partial charge in [-0.15, -0.1) is 12.4 Å². The van der Waals surface area contributed by atoms with E-state index >= 15 is 0 Å². The lowest BCUT2D eigenvalue weighted by molar-refractivity contribution is -0.141. The summed E-state index contributed by atoms with van der Waals surface area (Å²) in [6.45, 7) is 2.84. The van der Waals surface area contributed by atoms with Gasteiger partial charge in [-0.2, -0.15) is 0 Å². The minimum atomic E-state index is -0.00370. The van der Waals surface area contributed by atoms with Gasteiger partial charge in [0.15, 0.2) is 0 Å². The smallest absolute Gasteiger partial charge is 0.240 e. The summed E-state index contributed by atoms with van der Waals surface area (Å²) < 4.78 is 0. The molecule has 1 aliphatic carbocycles. The highest BCUT2D eigenvalue weighted by Gasteiger charge is 2.54. The number of halogens is 1. The number of carbonyl (C=O) groups is 1. The standard InChI is InChI=1S/C15H18N2O.ClH/c18-14(17-9-15(10-17)5-6-15)13-7-11-3-1-2-4-12(11)8-16-13;/h1-4,13,16H,5-10H2;1H/t13-;/m0./s1. The first kappa shape index (κ1) is 12.9. The van der Waals surface area contributed by atoms with E-state index in [-0.39, 0.29) is 18.4 Å². The summed E-state index contributed by atoms with van der Waals surface area (Å²) in [5.74, 6) is 0.307. The van der Waals surface area contributed by atoms with E-state index in [2.05, 4.69) is 29.6 Å². The van der Waals surface area contributed by atoms with Crippen LogP contribution in [0.2, 0.25) is 0 Å². The quantitative estimate of drug-likeness (QED) is 0.849. The molecule has 19 heavy (non-hydrogen) atoms. The van der Waals surface area contributed by atoms with Gasteiger partial charge in [-0.3, -0.25) is 4.79 Å². The molecular weight excluding hydrogens is 260 g/mol. The molecule has 2 aliphatic heterocycles. The van der Waals surface area contributed by atoms with Crippen molar-refractivity contribution in [3.63, 3.8) is 0 Å². The Morgan fingerprint density at radius 1 is 1.21 bits per heavy atom. The van der Waals surface area contributed by atoms with Gasteiger partial charge in [0.1, 0.15) is 0 Å². The SMILES string of the molecule is Cl.O=C([C@@H]1Cc2ccccc2CN1)N1CC2(CC2)C1. The highest BCUT2D eigenvalue weighted by Crippen LogP contribution is 2.52. The van der Waals surface area contributed by atoms with Gasteiger partial charge < -0.3 is 10.2 Å². The number of fused-ring (bicyclic) bond motifs is 1. The van der Waals surface area contributed by atoms with Gasteiger partial charge in [0, 0.05) is 25.0 Å². The van der Waals surface area contributed by atoms with Crippen molar-refractivity contribution >= 4 is 18.3 Å². The molecule has 1 N–H and O–H groups in total. The topological polar surface area (TPSA) is 32.3 Å². The van der Waals surface area contributed by atoms with Gasteiger partial charge in [-0.25, -0.2) is 0 Å². The van der Waals surface area contributed by atoms with Crippen LogP contribution in [0.4, 0.5) is 0 Å². The van der Waals surface area contributed by atoms with Crippen LogP contribution in [0.25, 0.3) is 0 Å². The normalized spacial score (nSPS) is 26.1. The second kappa shape index (κ2) is 4.50. The van der Waals surface area contributed by atoms with Crippen molar-refractivity contribution in [2.75, 3.05) is 13.1 Å². The summed E-state index contributed by atoms with van der Waals surface area (Å²) in [7, 11) is 0. The Hall–Kier alpha value is -1.06. The van der Waals surface area contributed by atoms with Crippen LogP contribution in [0, 0.1) is 5.41 Å². The summed E-state index contributed by atoms with van der Waals surface area (Å²) in [4.78, 5) is 14.4. The number of benzene rings is 1. The minimum absolute atomic E-state index is 0. The van der Waals surface area contributed by atoms with Gasteiger partial charge in [0.2, 0.25) is 5.91 Å². The Balaban J connectivity index is 0.00000110. The highest BCUT2D eigenvalue weighted by molar-refractivity contribution is 5.85. The van der Waals surface area contributed by atoms with Crippen LogP contribution in [0.3, 0.4) is 0 Å². The van der Waals surface area contributed by atoms with E-state index in [1.165, 1.54) is 24.0 Å². The first-order valence-corrected chi connectivity index (χ1v) is 6.85. The molecular formula is C15H19ClN2O. The molecule has 0 bridgehead atoms. The highest BCUT2D eigenvalue weighted by atomic mass is 35.5. The molecule has 4 heteroatoms. The van der Waals surface area contributed by atoms with E-state index < -0.39 is 0 Å². The van der Waals surface area contributed by atoms with Crippen LogP contribution in [-0.4, -0.2) is 29.9 Å². The van der Waals surface area contributed by atoms with Crippen LogP contribution >= 0.6 is 12.4 Å². The molecule has 1 saturated carbocycles. The molecule has 1 saturated heterocycles. The van der Waals surface area contributed by atoms with Crippen molar-refractivity contribution in [1.29, 1.82) is 0 Å². The zero-order valence-electron chi connectivity index (χ0n) is 10.9. The van der Waals surface area contributed by atoms with Crippen LogP contribution in [0.15, 0.2) is 24.3 Å². The molecule has 1 aromatic carbocycles. The van der Waals surface area contributed by atoms with Crippen LogP contribution in [0.5, 0.6) is 0 Å². The summed E-state index contributed by atoms with van der Waals surface area (Å²) in [6.07, 6.45) is 3.51. The lowest BCUT2D eigenvalue weighted by atomic mass is 9.91. The number of hydrogen-bond donors (Lipinski definition) is 1. The van der Waals surface area contributed by atoms with Gasteiger partial charge in [0.25, 0.3) is 0 Å². The van der Waals surface area contributed by atoms with E-state index in [1.807, 2.05) is 4.90 Å². The van der Waals surface area contributed by atoms with E-state index in [0.29, 0.717) is 11.3 Å². The Morgan fingerprint density at radius 2 is 1.89 bits per heavy atom. The summed E-state index contributed by atoms with van der Waals surface area (Å²) >= 11 is 0. The number of carbonyl (C=O) groups excluding carboxylic acids is 1. The Labute approximate surface area is 119 Å². The monoisotopic (exact) mass is 278 g/mol. The predicted octanol–water partition coefficient (Wildman–Crippen LogP) is 1.75. The molecule has 0 radical (unpaired) electrons. The van der Waals surface area contributed by atoms with Crippen molar-refractivity contribution in [3.05, 3.63) is 35.4 Å². The number of hydrogen-bond acceptors (Lipinski definition) is 2. The number of amides is 1. The Morgan fingerprint density at radius 3 is 2.58 bits per heavy atom. The molecule has 1 spiro atoms. The predicted molar refractivity (Wildman–Crippen MR) is 76.3 cm³/mol. The third-order valence-corrected chi connectivity index (χ3v) is 4.70. The first-order valence-electron chi connectivity index (χ1n) is 6.85. The number of rotatable bonds is 1. The van der Waals surface area contributed by atoms with Crippen LogP contribution in [-0.2, 0) is 17.8 Å². The fourth-order valence-electron chi connectivity index (χ4n) is 3.26. The van der Waals surface area contributed by atoms with Crippen molar-refractivity contribution in [3.8, 4) is 0 Å². The van der Waals surface area contributed by atoms with Crippen molar-refractivity contribution in [1.82, 2.24) is 10.2 Å². The summed E-state index contributed by atoms with van der Waals surface area (Å²) in [6, 6.07) is 8.42. The molecule has 102 valence electrons. The maximum atomic E-state index is 12.4. The molecule has 1 amide bonds. The Bertz CT molecular complexity index is 505. The third kappa shape index (κ3) is 2.15. The van der Waals surface area contributed by atoms with E-state index in [4.69, 9.17) is 0 Å². The van der Waals surface area contributed by atoms with Gasteiger partial charge in [-0.05, 0) is 30.4 Å². The molecule has 0 unspecified atom stereocenters. The number of nitrogens with one attached hydrogen (secondary N) is 1. The minimum Gasteiger partial charge on any atom is -0.340 e. The lowest BCUT2D eigenvalue weighted by Crippen LogP contribution is -2.58. The van der Waals surface area contributed by atoms with Crippen molar-refractivity contribution in [2.24, 2.45) is 5.41 Å². The maximum Gasteiger partial charge on any atom is 0.240 e.